The maximum absolute atomic E-state index is 5.86. The third kappa shape index (κ3) is 3.25. The van der Waals surface area contributed by atoms with E-state index >= 15 is 0 Å². The number of nitrogens with two attached hydrogens (primary N) is 1. The smallest absolute Gasteiger partial charge is 0.258 e. The molecule has 2 N–H and O–H groups in total. The van der Waals surface area contributed by atoms with Gasteiger partial charge in [0.25, 0.3) is 5.89 Å². The second-order valence-corrected chi connectivity index (χ2v) is 5.85. The van der Waals surface area contributed by atoms with Crippen molar-refractivity contribution in [2.24, 2.45) is 0 Å². The molecule has 106 valence electrons. The molecule has 0 saturated heterocycles. The maximum atomic E-state index is 5.86. The fraction of sp³-hybridized carbons (Fsp3) is 0.0667. The molecule has 0 aliphatic rings. The van der Waals surface area contributed by atoms with Gasteiger partial charge in [0.05, 0.1) is 0 Å². The van der Waals surface area contributed by atoms with Gasteiger partial charge >= 0.3 is 0 Å². The van der Waals surface area contributed by atoms with Crippen molar-refractivity contribution < 1.29 is 4.52 Å². The zero-order chi connectivity index (χ0) is 14.8. The minimum Gasteiger partial charge on any atom is -0.398 e. The highest BCUT2D eigenvalue weighted by molar-refractivity contribution is 9.10. The molecule has 0 unspecified atom stereocenters. The summed E-state index contributed by atoms with van der Waals surface area (Å²) in [6, 6.07) is 13.1. The summed E-state index contributed by atoms with van der Waals surface area (Å²) in [6.45, 7) is 0. The van der Waals surface area contributed by atoms with E-state index in [9.17, 15) is 0 Å². The van der Waals surface area contributed by atoms with Gasteiger partial charge < -0.3 is 10.3 Å². The fourth-order valence-electron chi connectivity index (χ4n) is 1.90. The lowest BCUT2D eigenvalue weighted by Gasteiger charge is -1.99. The van der Waals surface area contributed by atoms with Crippen LogP contribution in [-0.4, -0.2) is 10.1 Å². The molecule has 4 nitrogen and oxygen atoms in total. The highest BCUT2D eigenvalue weighted by Gasteiger charge is 2.10. The average molecular weight is 365 g/mol. The van der Waals surface area contributed by atoms with Crippen molar-refractivity contribution in [1.29, 1.82) is 0 Å². The molecule has 3 aromatic rings. The first-order chi connectivity index (χ1) is 10.1. The first kappa shape index (κ1) is 14.1. The van der Waals surface area contributed by atoms with E-state index in [2.05, 4.69) is 26.1 Å². The quantitative estimate of drug-likeness (QED) is 0.703. The van der Waals surface area contributed by atoms with Gasteiger partial charge in [-0.3, -0.25) is 0 Å². The van der Waals surface area contributed by atoms with Gasteiger partial charge in [0.2, 0.25) is 0 Å². The van der Waals surface area contributed by atoms with Crippen molar-refractivity contribution in [3.05, 3.63) is 63.3 Å². The largest absolute Gasteiger partial charge is 0.398 e. The van der Waals surface area contributed by atoms with Crippen molar-refractivity contribution in [3.8, 4) is 11.5 Å². The number of hydrogen-bond donors (Lipinski definition) is 1. The lowest BCUT2D eigenvalue weighted by Crippen LogP contribution is -1.91. The molecule has 0 spiro atoms. The van der Waals surface area contributed by atoms with E-state index in [-0.39, 0.29) is 0 Å². The average Bonchev–Trinajstić information content (AvgIpc) is 2.93. The minimum atomic E-state index is 0.457. The van der Waals surface area contributed by atoms with Crippen LogP contribution in [0.4, 0.5) is 5.69 Å². The van der Waals surface area contributed by atoms with Crippen LogP contribution in [-0.2, 0) is 6.42 Å². The minimum absolute atomic E-state index is 0.457. The molecular weight excluding hydrogens is 354 g/mol. The van der Waals surface area contributed by atoms with E-state index in [0.29, 0.717) is 28.8 Å². The van der Waals surface area contributed by atoms with Crippen LogP contribution in [0.25, 0.3) is 11.5 Å². The van der Waals surface area contributed by atoms with Gasteiger partial charge in [-0.15, -0.1) is 0 Å². The third-order valence-electron chi connectivity index (χ3n) is 2.99. The molecule has 1 heterocycles. The highest BCUT2D eigenvalue weighted by Crippen LogP contribution is 2.26. The number of halogens is 2. The van der Waals surface area contributed by atoms with Gasteiger partial charge in [-0.1, -0.05) is 28.9 Å². The maximum Gasteiger partial charge on any atom is 0.258 e. The van der Waals surface area contributed by atoms with Crippen molar-refractivity contribution in [1.82, 2.24) is 10.1 Å². The molecule has 0 amide bonds. The van der Waals surface area contributed by atoms with Crippen LogP contribution < -0.4 is 5.73 Å². The molecule has 0 atom stereocenters. The molecule has 0 fully saturated rings. The van der Waals surface area contributed by atoms with E-state index in [0.717, 1.165) is 15.6 Å². The van der Waals surface area contributed by atoms with E-state index < -0.39 is 0 Å². The molecule has 3 rings (SSSR count). The number of rotatable bonds is 3. The Balaban J connectivity index is 1.82. The fourth-order valence-corrected chi connectivity index (χ4v) is 2.28. The number of aromatic nitrogens is 2. The summed E-state index contributed by atoms with van der Waals surface area (Å²) in [6.07, 6.45) is 0.590. The van der Waals surface area contributed by atoms with Gasteiger partial charge in [-0.2, -0.15) is 4.98 Å². The number of anilines is 1. The summed E-state index contributed by atoms with van der Waals surface area (Å²) in [7, 11) is 0. The number of nitrogens with zero attached hydrogens (tertiary/aromatic N) is 2. The van der Waals surface area contributed by atoms with Crippen LogP contribution in [0.1, 0.15) is 11.4 Å². The van der Waals surface area contributed by atoms with Crippen LogP contribution in [0.5, 0.6) is 0 Å². The van der Waals surface area contributed by atoms with Gasteiger partial charge in [0.1, 0.15) is 0 Å². The van der Waals surface area contributed by atoms with E-state index in [4.69, 9.17) is 21.9 Å². The lowest BCUT2D eigenvalue weighted by atomic mass is 10.1. The molecule has 1 aromatic heterocycles. The molecule has 0 bridgehead atoms. The van der Waals surface area contributed by atoms with Crippen molar-refractivity contribution in [3.63, 3.8) is 0 Å². The summed E-state index contributed by atoms with van der Waals surface area (Å²) < 4.78 is 6.12. The number of hydrogen-bond acceptors (Lipinski definition) is 4. The Hall–Kier alpha value is -1.85. The Morgan fingerprint density at radius 1 is 1.14 bits per heavy atom. The molecule has 0 saturated carbocycles. The summed E-state index contributed by atoms with van der Waals surface area (Å²) in [5.41, 5.74) is 8.35. The van der Waals surface area contributed by atoms with E-state index in [1.165, 1.54) is 0 Å². The van der Waals surface area contributed by atoms with Crippen LogP contribution in [0.3, 0.4) is 0 Å². The second kappa shape index (κ2) is 5.87. The molecule has 0 radical (unpaired) electrons. The van der Waals surface area contributed by atoms with Gasteiger partial charge in [-0.05, 0) is 51.8 Å². The molecular formula is C15H11BrClN3O. The van der Waals surface area contributed by atoms with E-state index in [1.807, 2.05) is 36.4 Å². The highest BCUT2D eigenvalue weighted by atomic mass is 79.9. The monoisotopic (exact) mass is 363 g/mol. The van der Waals surface area contributed by atoms with Gasteiger partial charge in [-0.25, -0.2) is 0 Å². The normalized spacial score (nSPS) is 10.8. The summed E-state index contributed by atoms with van der Waals surface area (Å²) in [4.78, 5) is 4.39. The summed E-state index contributed by atoms with van der Waals surface area (Å²) in [5, 5.41) is 4.70. The molecule has 6 heteroatoms. The zero-order valence-electron chi connectivity index (χ0n) is 10.9. The number of nitrogen functional groups attached to an aromatic ring is 1. The van der Waals surface area contributed by atoms with Crippen LogP contribution in [0.2, 0.25) is 5.02 Å². The molecule has 2 aromatic carbocycles. The van der Waals surface area contributed by atoms with Crippen molar-refractivity contribution in [2.75, 3.05) is 5.73 Å². The summed E-state index contributed by atoms with van der Waals surface area (Å²) >= 11 is 9.22. The first-order valence-electron chi connectivity index (χ1n) is 6.24. The Morgan fingerprint density at radius 3 is 2.62 bits per heavy atom. The van der Waals surface area contributed by atoms with Crippen LogP contribution in [0, 0.1) is 0 Å². The standard InChI is InChI=1S/C15H11BrClN3O/c16-12-6-3-10(8-13(12)18)15-19-14(20-21-15)7-9-1-4-11(17)5-2-9/h1-6,8H,7,18H2. The second-order valence-electron chi connectivity index (χ2n) is 4.56. The predicted molar refractivity (Wildman–Crippen MR) is 86.1 cm³/mol. The first-order valence-corrected chi connectivity index (χ1v) is 7.41. The van der Waals surface area contributed by atoms with E-state index in [1.54, 1.807) is 6.07 Å². The Morgan fingerprint density at radius 2 is 1.90 bits per heavy atom. The lowest BCUT2D eigenvalue weighted by molar-refractivity contribution is 0.424. The Kier molecular flexibility index (Phi) is 3.94. The molecule has 0 aliphatic heterocycles. The van der Waals surface area contributed by atoms with Gasteiger partial charge in [0.15, 0.2) is 5.82 Å². The Labute approximate surface area is 135 Å². The van der Waals surface area contributed by atoms with Crippen LogP contribution >= 0.6 is 27.5 Å². The van der Waals surface area contributed by atoms with Crippen LogP contribution in [0.15, 0.2) is 51.5 Å². The zero-order valence-corrected chi connectivity index (χ0v) is 13.2. The third-order valence-corrected chi connectivity index (χ3v) is 3.96. The van der Waals surface area contributed by atoms with Gasteiger partial charge in [0, 0.05) is 27.2 Å². The predicted octanol–water partition coefficient (Wildman–Crippen LogP) is 4.33. The van der Waals surface area contributed by atoms with Crippen molar-refractivity contribution >= 4 is 33.2 Å². The summed E-state index contributed by atoms with van der Waals surface area (Å²) in [5.74, 6) is 1.08. The topological polar surface area (TPSA) is 64.9 Å². The molecule has 0 aliphatic carbocycles. The SMILES string of the molecule is Nc1cc(-c2nc(Cc3ccc(Cl)cc3)no2)ccc1Br. The number of benzene rings is 2. The van der Waals surface area contributed by atoms with Crippen molar-refractivity contribution in [2.45, 2.75) is 6.42 Å². The Bertz CT molecular complexity index is 771. The molecule has 21 heavy (non-hydrogen) atoms.